The number of hydrogen-bond donors (Lipinski definition) is 1. The maximum atomic E-state index is 11.5. The van der Waals surface area contributed by atoms with Crippen molar-refractivity contribution in [1.82, 2.24) is 10.3 Å². The van der Waals surface area contributed by atoms with Crippen LogP contribution in [0.4, 0.5) is 4.79 Å². The first-order valence-corrected chi connectivity index (χ1v) is 6.88. The molecule has 0 atom stereocenters. The van der Waals surface area contributed by atoms with Crippen LogP contribution in [0.5, 0.6) is 5.75 Å². The molecule has 1 aromatic carbocycles. The molecule has 5 heteroatoms. The number of nitrogens with zero attached hydrogens (tertiary/aromatic N) is 1. The number of methoxy groups -OCH3 is 1. The zero-order valence-corrected chi connectivity index (χ0v) is 12.4. The maximum Gasteiger partial charge on any atom is 0.407 e. The van der Waals surface area contributed by atoms with E-state index in [0.717, 1.165) is 11.1 Å². The number of rotatable bonds is 6. The van der Waals surface area contributed by atoms with Gasteiger partial charge in [-0.2, -0.15) is 0 Å². The van der Waals surface area contributed by atoms with E-state index < -0.39 is 6.09 Å². The van der Waals surface area contributed by atoms with E-state index in [1.54, 1.807) is 19.5 Å². The lowest BCUT2D eigenvalue weighted by molar-refractivity contribution is 0.141. The van der Waals surface area contributed by atoms with Crippen LogP contribution < -0.4 is 10.1 Å². The minimum Gasteiger partial charge on any atom is -0.495 e. The predicted molar refractivity (Wildman–Crippen MR) is 84.5 cm³/mol. The smallest absolute Gasteiger partial charge is 0.407 e. The first-order chi connectivity index (χ1) is 10.8. The van der Waals surface area contributed by atoms with Crippen LogP contribution in [-0.2, 0) is 11.3 Å². The Labute approximate surface area is 129 Å². The van der Waals surface area contributed by atoms with Gasteiger partial charge >= 0.3 is 6.09 Å². The molecule has 0 spiro atoms. The molecule has 1 aromatic heterocycles. The van der Waals surface area contributed by atoms with E-state index in [4.69, 9.17) is 9.47 Å². The fourth-order valence-corrected chi connectivity index (χ4v) is 1.75. The van der Waals surface area contributed by atoms with Crippen molar-refractivity contribution in [3.05, 3.63) is 66.0 Å². The van der Waals surface area contributed by atoms with E-state index in [1.165, 1.54) is 0 Å². The van der Waals surface area contributed by atoms with Crippen LogP contribution in [0.3, 0.4) is 0 Å². The number of benzene rings is 1. The lowest BCUT2D eigenvalue weighted by Crippen LogP contribution is -2.24. The van der Waals surface area contributed by atoms with Gasteiger partial charge < -0.3 is 14.8 Å². The molecule has 22 heavy (non-hydrogen) atoms. The Balaban J connectivity index is 1.71. The van der Waals surface area contributed by atoms with Gasteiger partial charge in [-0.25, -0.2) is 4.79 Å². The average molecular weight is 298 g/mol. The Morgan fingerprint density at radius 3 is 2.86 bits per heavy atom. The summed E-state index contributed by atoms with van der Waals surface area (Å²) < 4.78 is 10.2. The molecule has 0 unspecified atom stereocenters. The molecule has 1 N–H and O–H groups in total. The van der Waals surface area contributed by atoms with E-state index in [0.29, 0.717) is 12.3 Å². The number of alkyl carbamates (subject to hydrolysis) is 1. The van der Waals surface area contributed by atoms with Crippen molar-refractivity contribution in [3.8, 4) is 5.75 Å². The highest BCUT2D eigenvalue weighted by Gasteiger charge is 2.00. The molecule has 0 radical (unpaired) electrons. The average Bonchev–Trinajstić information content (AvgIpc) is 2.58. The number of carbonyl (C=O) groups is 1. The van der Waals surface area contributed by atoms with Gasteiger partial charge in [0.1, 0.15) is 12.4 Å². The topological polar surface area (TPSA) is 60.5 Å². The minimum atomic E-state index is -0.447. The minimum absolute atomic E-state index is 0.260. The van der Waals surface area contributed by atoms with Crippen LogP contribution in [0.15, 0.2) is 54.9 Å². The highest BCUT2D eigenvalue weighted by atomic mass is 16.5. The second kappa shape index (κ2) is 8.46. The molecule has 0 aliphatic heterocycles. The van der Waals surface area contributed by atoms with Gasteiger partial charge in [0, 0.05) is 12.7 Å². The molecule has 0 bridgehead atoms. The number of hydrogen-bond acceptors (Lipinski definition) is 4. The van der Waals surface area contributed by atoms with Crippen molar-refractivity contribution in [2.45, 2.75) is 6.61 Å². The number of nitrogens with one attached hydrogen (secondary N) is 1. The zero-order chi connectivity index (χ0) is 15.6. The Morgan fingerprint density at radius 2 is 2.09 bits per heavy atom. The van der Waals surface area contributed by atoms with Gasteiger partial charge in [-0.15, -0.1) is 0 Å². The van der Waals surface area contributed by atoms with Gasteiger partial charge in [0.2, 0.25) is 0 Å². The fourth-order valence-electron chi connectivity index (χ4n) is 1.75. The molecule has 5 nitrogen and oxygen atoms in total. The molecule has 0 aliphatic carbocycles. The first kappa shape index (κ1) is 15.6. The van der Waals surface area contributed by atoms with Crippen molar-refractivity contribution in [3.63, 3.8) is 0 Å². The number of aromatic nitrogens is 1. The van der Waals surface area contributed by atoms with Crippen molar-refractivity contribution in [2.75, 3.05) is 13.7 Å². The van der Waals surface area contributed by atoms with Gasteiger partial charge in [0.05, 0.1) is 13.3 Å². The standard InChI is InChI=1S/C17H18N2O3/c1-21-16-10-15(11-18-12-16)8-5-9-19-17(20)22-13-14-6-3-2-4-7-14/h2-8,10-12H,9,13H2,1H3,(H,19,20). The number of amides is 1. The van der Waals surface area contributed by atoms with Gasteiger partial charge in [-0.05, 0) is 17.2 Å². The first-order valence-electron chi connectivity index (χ1n) is 6.88. The molecule has 1 heterocycles. The van der Waals surface area contributed by atoms with E-state index in [1.807, 2.05) is 48.6 Å². The number of ether oxygens (including phenoxy) is 2. The summed E-state index contributed by atoms with van der Waals surface area (Å²) in [6.45, 7) is 0.640. The SMILES string of the molecule is COc1cncc(C=CCNC(=O)OCc2ccccc2)c1. The maximum absolute atomic E-state index is 11.5. The van der Waals surface area contributed by atoms with Crippen molar-refractivity contribution < 1.29 is 14.3 Å². The molecule has 0 aliphatic rings. The summed E-state index contributed by atoms with van der Waals surface area (Å²) in [6, 6.07) is 11.4. The van der Waals surface area contributed by atoms with Crippen LogP contribution in [-0.4, -0.2) is 24.7 Å². The summed E-state index contributed by atoms with van der Waals surface area (Å²) in [5.41, 5.74) is 1.86. The van der Waals surface area contributed by atoms with Crippen LogP contribution in [0.1, 0.15) is 11.1 Å². The molecule has 0 saturated carbocycles. The highest BCUT2D eigenvalue weighted by Crippen LogP contribution is 2.11. The Kier molecular flexibility index (Phi) is 5.99. The summed E-state index contributed by atoms with van der Waals surface area (Å²) in [4.78, 5) is 15.6. The Hall–Kier alpha value is -2.82. The molecule has 1 amide bonds. The monoisotopic (exact) mass is 298 g/mol. The highest BCUT2D eigenvalue weighted by molar-refractivity contribution is 5.67. The summed E-state index contributed by atoms with van der Waals surface area (Å²) in [5, 5.41) is 2.65. The quantitative estimate of drug-likeness (QED) is 0.890. The third-order valence-corrected chi connectivity index (χ3v) is 2.86. The largest absolute Gasteiger partial charge is 0.495 e. The normalized spacial score (nSPS) is 10.4. The molecule has 0 fully saturated rings. The zero-order valence-electron chi connectivity index (χ0n) is 12.4. The van der Waals surface area contributed by atoms with Crippen LogP contribution in [0.25, 0.3) is 6.08 Å². The van der Waals surface area contributed by atoms with Crippen LogP contribution in [0, 0.1) is 0 Å². The Bertz CT molecular complexity index is 627. The van der Waals surface area contributed by atoms with Gasteiger partial charge in [0.15, 0.2) is 0 Å². The van der Waals surface area contributed by atoms with E-state index in [-0.39, 0.29) is 6.61 Å². The second-order valence-electron chi connectivity index (χ2n) is 4.50. The van der Waals surface area contributed by atoms with Gasteiger partial charge in [-0.1, -0.05) is 42.5 Å². The Morgan fingerprint density at radius 1 is 1.27 bits per heavy atom. The molecule has 114 valence electrons. The third kappa shape index (κ3) is 5.28. The summed E-state index contributed by atoms with van der Waals surface area (Å²) in [6.07, 6.45) is 6.58. The fraction of sp³-hybridized carbons (Fsp3) is 0.176. The second-order valence-corrected chi connectivity index (χ2v) is 4.50. The molecule has 2 rings (SSSR count). The van der Waals surface area contributed by atoms with Crippen LogP contribution >= 0.6 is 0 Å². The molecule has 2 aromatic rings. The number of pyridine rings is 1. The van der Waals surface area contributed by atoms with Crippen LogP contribution in [0.2, 0.25) is 0 Å². The van der Waals surface area contributed by atoms with Gasteiger partial charge in [0.25, 0.3) is 0 Å². The summed E-state index contributed by atoms with van der Waals surface area (Å²) in [5.74, 6) is 0.692. The van der Waals surface area contributed by atoms with E-state index >= 15 is 0 Å². The van der Waals surface area contributed by atoms with Crippen molar-refractivity contribution in [1.29, 1.82) is 0 Å². The van der Waals surface area contributed by atoms with E-state index in [2.05, 4.69) is 10.3 Å². The summed E-state index contributed by atoms with van der Waals surface area (Å²) >= 11 is 0. The van der Waals surface area contributed by atoms with Crippen molar-refractivity contribution >= 4 is 12.2 Å². The molecular weight excluding hydrogens is 280 g/mol. The third-order valence-electron chi connectivity index (χ3n) is 2.86. The van der Waals surface area contributed by atoms with E-state index in [9.17, 15) is 4.79 Å². The summed E-state index contributed by atoms with van der Waals surface area (Å²) in [7, 11) is 1.59. The molecule has 0 saturated heterocycles. The number of carbonyl (C=O) groups excluding carboxylic acids is 1. The molecular formula is C17H18N2O3. The van der Waals surface area contributed by atoms with Gasteiger partial charge in [-0.3, -0.25) is 4.98 Å². The van der Waals surface area contributed by atoms with Crippen molar-refractivity contribution in [2.24, 2.45) is 0 Å². The lowest BCUT2D eigenvalue weighted by atomic mass is 10.2. The lowest BCUT2D eigenvalue weighted by Gasteiger charge is -2.05. The predicted octanol–water partition coefficient (Wildman–Crippen LogP) is 3.03.